The summed E-state index contributed by atoms with van der Waals surface area (Å²) in [6.07, 6.45) is 1.93. The highest BCUT2D eigenvalue weighted by atomic mass is 16.3. The molecule has 0 fully saturated rings. The van der Waals surface area contributed by atoms with Crippen LogP contribution < -0.4 is 0 Å². The Balaban J connectivity index is 2.57. The van der Waals surface area contributed by atoms with Crippen molar-refractivity contribution in [2.24, 2.45) is 0 Å². The Bertz CT molecular complexity index is 559. The minimum absolute atomic E-state index is 0.271. The minimum Gasteiger partial charge on any atom is -0.508 e. The van der Waals surface area contributed by atoms with Crippen LogP contribution in [0.2, 0.25) is 0 Å². The van der Waals surface area contributed by atoms with Gasteiger partial charge in [-0.2, -0.15) is 0 Å². The van der Waals surface area contributed by atoms with Crippen molar-refractivity contribution in [1.29, 1.82) is 0 Å². The van der Waals surface area contributed by atoms with Gasteiger partial charge in [0.05, 0.1) is 5.69 Å². The van der Waals surface area contributed by atoms with Crippen LogP contribution in [-0.2, 0) is 0 Å². The van der Waals surface area contributed by atoms with Gasteiger partial charge in [0.2, 0.25) is 0 Å². The number of aromatic nitrogens is 2. The van der Waals surface area contributed by atoms with Crippen LogP contribution in [0.15, 0.2) is 30.5 Å². The number of nitrogens with zero attached hydrogens (tertiary/aromatic N) is 2. The molecule has 1 aromatic carbocycles. The van der Waals surface area contributed by atoms with E-state index in [0.29, 0.717) is 11.8 Å². The van der Waals surface area contributed by atoms with Gasteiger partial charge < -0.3 is 5.11 Å². The molecule has 19 heavy (non-hydrogen) atoms. The van der Waals surface area contributed by atoms with Gasteiger partial charge in [-0.25, -0.2) is 9.97 Å². The van der Waals surface area contributed by atoms with E-state index in [4.69, 9.17) is 4.98 Å². The summed E-state index contributed by atoms with van der Waals surface area (Å²) in [6.45, 7) is 8.45. The van der Waals surface area contributed by atoms with E-state index in [1.807, 2.05) is 18.3 Å². The van der Waals surface area contributed by atoms with Gasteiger partial charge in [0.1, 0.15) is 11.6 Å². The van der Waals surface area contributed by atoms with E-state index in [1.165, 1.54) is 0 Å². The lowest BCUT2D eigenvalue weighted by atomic mass is 9.98. The zero-order valence-electron chi connectivity index (χ0n) is 11.9. The van der Waals surface area contributed by atoms with E-state index in [2.05, 4.69) is 32.7 Å². The lowest BCUT2D eigenvalue weighted by Crippen LogP contribution is -2.04. The maximum atomic E-state index is 9.39. The summed E-state index contributed by atoms with van der Waals surface area (Å²) < 4.78 is 0. The molecular formula is C16H20N2O. The van der Waals surface area contributed by atoms with Crippen molar-refractivity contribution in [2.75, 3.05) is 0 Å². The lowest BCUT2D eigenvalue weighted by Gasteiger charge is -2.14. The van der Waals surface area contributed by atoms with Crippen molar-refractivity contribution >= 4 is 0 Å². The van der Waals surface area contributed by atoms with Crippen molar-refractivity contribution < 1.29 is 5.11 Å². The van der Waals surface area contributed by atoms with Gasteiger partial charge in [0.25, 0.3) is 0 Å². The maximum Gasteiger partial charge on any atom is 0.131 e. The van der Waals surface area contributed by atoms with Gasteiger partial charge in [-0.15, -0.1) is 0 Å². The molecule has 3 nitrogen and oxygen atoms in total. The summed E-state index contributed by atoms with van der Waals surface area (Å²) in [5.74, 6) is 1.79. The highest BCUT2D eigenvalue weighted by molar-refractivity contribution is 5.64. The van der Waals surface area contributed by atoms with Crippen LogP contribution in [0, 0.1) is 0 Å². The number of hydrogen-bond donors (Lipinski definition) is 1. The fourth-order valence-electron chi connectivity index (χ4n) is 1.96. The van der Waals surface area contributed by atoms with Crippen LogP contribution in [0.1, 0.15) is 50.9 Å². The van der Waals surface area contributed by atoms with Gasteiger partial charge in [-0.05, 0) is 35.7 Å². The van der Waals surface area contributed by atoms with Crippen molar-refractivity contribution in [3.8, 4) is 17.0 Å². The third-order valence-electron chi connectivity index (χ3n) is 3.11. The van der Waals surface area contributed by atoms with Gasteiger partial charge in [0, 0.05) is 17.7 Å². The highest BCUT2D eigenvalue weighted by Gasteiger charge is 2.13. The molecule has 2 aromatic rings. The molecular weight excluding hydrogens is 236 g/mol. The molecule has 0 saturated carbocycles. The number of benzene rings is 1. The molecule has 3 heteroatoms. The largest absolute Gasteiger partial charge is 0.508 e. The van der Waals surface area contributed by atoms with E-state index < -0.39 is 0 Å². The Morgan fingerprint density at radius 2 is 1.58 bits per heavy atom. The molecule has 0 bridgehead atoms. The number of rotatable bonds is 3. The van der Waals surface area contributed by atoms with Crippen molar-refractivity contribution in [1.82, 2.24) is 9.97 Å². The molecule has 1 aromatic heterocycles. The van der Waals surface area contributed by atoms with Gasteiger partial charge in [-0.1, -0.05) is 27.7 Å². The van der Waals surface area contributed by atoms with Crippen LogP contribution in [0.5, 0.6) is 5.75 Å². The molecule has 100 valence electrons. The molecule has 0 amide bonds. The monoisotopic (exact) mass is 256 g/mol. The highest BCUT2D eigenvalue weighted by Crippen LogP contribution is 2.29. The third-order valence-corrected chi connectivity index (χ3v) is 3.11. The molecule has 0 aliphatic heterocycles. The standard InChI is InChI=1S/C16H20N2O/c1-10(2)14-9-17-16(11(3)4)18-15(14)12-5-7-13(19)8-6-12/h5-11,19H,1-4H3. The van der Waals surface area contributed by atoms with Crippen molar-refractivity contribution in [3.63, 3.8) is 0 Å². The fourth-order valence-corrected chi connectivity index (χ4v) is 1.96. The molecule has 0 atom stereocenters. The van der Waals surface area contributed by atoms with Gasteiger partial charge in [-0.3, -0.25) is 0 Å². The van der Waals surface area contributed by atoms with Gasteiger partial charge in [0.15, 0.2) is 0 Å². The number of hydrogen-bond acceptors (Lipinski definition) is 3. The first kappa shape index (κ1) is 13.5. The van der Waals surface area contributed by atoms with Gasteiger partial charge >= 0.3 is 0 Å². The Kier molecular flexibility index (Phi) is 3.84. The molecule has 1 heterocycles. The second kappa shape index (κ2) is 5.39. The van der Waals surface area contributed by atoms with E-state index in [-0.39, 0.29) is 5.75 Å². The molecule has 0 saturated heterocycles. The average Bonchev–Trinajstić information content (AvgIpc) is 2.38. The first-order chi connectivity index (χ1) is 8.99. The molecule has 0 radical (unpaired) electrons. The number of phenolic OH excluding ortho intramolecular Hbond substituents is 1. The fraction of sp³-hybridized carbons (Fsp3) is 0.375. The topological polar surface area (TPSA) is 46.0 Å². The van der Waals surface area contributed by atoms with Crippen LogP contribution in [-0.4, -0.2) is 15.1 Å². The summed E-state index contributed by atoms with van der Waals surface area (Å²) in [4.78, 5) is 9.14. The van der Waals surface area contributed by atoms with Crippen molar-refractivity contribution in [2.45, 2.75) is 39.5 Å². The summed E-state index contributed by atoms with van der Waals surface area (Å²) in [6, 6.07) is 7.18. The summed E-state index contributed by atoms with van der Waals surface area (Å²) in [7, 11) is 0. The Hall–Kier alpha value is -1.90. The first-order valence-electron chi connectivity index (χ1n) is 6.65. The molecule has 0 spiro atoms. The first-order valence-corrected chi connectivity index (χ1v) is 6.65. The zero-order valence-corrected chi connectivity index (χ0v) is 11.9. The van der Waals surface area contributed by atoms with Crippen LogP contribution in [0.3, 0.4) is 0 Å². The van der Waals surface area contributed by atoms with Crippen LogP contribution in [0.25, 0.3) is 11.3 Å². The van der Waals surface area contributed by atoms with E-state index in [9.17, 15) is 5.11 Å². The quantitative estimate of drug-likeness (QED) is 0.899. The summed E-state index contributed by atoms with van der Waals surface area (Å²) in [5, 5.41) is 9.39. The third kappa shape index (κ3) is 2.92. The molecule has 0 unspecified atom stereocenters. The van der Waals surface area contributed by atoms with E-state index in [0.717, 1.165) is 22.6 Å². The molecule has 0 aliphatic rings. The normalized spacial score (nSPS) is 11.3. The number of aromatic hydroxyl groups is 1. The van der Waals surface area contributed by atoms with Crippen LogP contribution in [0.4, 0.5) is 0 Å². The lowest BCUT2D eigenvalue weighted by molar-refractivity contribution is 0.475. The van der Waals surface area contributed by atoms with Crippen LogP contribution >= 0.6 is 0 Å². The average molecular weight is 256 g/mol. The predicted octanol–water partition coefficient (Wildman–Crippen LogP) is 4.10. The molecule has 0 aliphatic carbocycles. The second-order valence-electron chi connectivity index (χ2n) is 5.39. The Labute approximate surface area is 114 Å². The molecule has 1 N–H and O–H groups in total. The minimum atomic E-state index is 0.271. The predicted molar refractivity (Wildman–Crippen MR) is 77.3 cm³/mol. The SMILES string of the molecule is CC(C)c1ncc(C(C)C)c(-c2ccc(O)cc2)n1. The maximum absolute atomic E-state index is 9.39. The Morgan fingerprint density at radius 1 is 0.947 bits per heavy atom. The number of phenols is 1. The summed E-state index contributed by atoms with van der Waals surface area (Å²) >= 11 is 0. The molecule has 2 rings (SSSR count). The zero-order chi connectivity index (χ0) is 14.0. The second-order valence-corrected chi connectivity index (χ2v) is 5.39. The smallest absolute Gasteiger partial charge is 0.131 e. The van der Waals surface area contributed by atoms with Crippen molar-refractivity contribution in [3.05, 3.63) is 41.9 Å². The Morgan fingerprint density at radius 3 is 2.11 bits per heavy atom. The summed E-state index contributed by atoms with van der Waals surface area (Å²) in [5.41, 5.74) is 3.12. The van der Waals surface area contributed by atoms with E-state index in [1.54, 1.807) is 12.1 Å². The van der Waals surface area contributed by atoms with E-state index >= 15 is 0 Å².